The number of aromatic nitrogens is 1. The maximum absolute atomic E-state index is 12.0. The summed E-state index contributed by atoms with van der Waals surface area (Å²) in [7, 11) is 0. The van der Waals surface area contributed by atoms with Gasteiger partial charge in [-0.2, -0.15) is 0 Å². The molecule has 3 N–H and O–H groups in total. The summed E-state index contributed by atoms with van der Waals surface area (Å²) < 4.78 is 5.52. The summed E-state index contributed by atoms with van der Waals surface area (Å²) >= 11 is 0. The van der Waals surface area contributed by atoms with Gasteiger partial charge in [-0.1, -0.05) is 0 Å². The van der Waals surface area contributed by atoms with Crippen LogP contribution in [0.2, 0.25) is 0 Å². The summed E-state index contributed by atoms with van der Waals surface area (Å²) in [5, 5.41) is 9.20. The maximum Gasteiger partial charge on any atom is 0.227 e. The monoisotopic (exact) mass is 323 g/mol. The molecular formula is C16H29N5O2. The molecule has 1 rings (SSSR count). The van der Waals surface area contributed by atoms with E-state index < -0.39 is 5.41 Å². The zero-order valence-corrected chi connectivity index (χ0v) is 15.0. The first kappa shape index (κ1) is 19.0. The van der Waals surface area contributed by atoms with Gasteiger partial charge in [-0.05, 0) is 41.5 Å². The van der Waals surface area contributed by atoms with Gasteiger partial charge in [0.15, 0.2) is 5.96 Å². The third-order valence-corrected chi connectivity index (χ3v) is 3.44. The van der Waals surface area contributed by atoms with Gasteiger partial charge in [-0.15, -0.1) is 0 Å². The summed E-state index contributed by atoms with van der Waals surface area (Å²) in [5.74, 6) is 2.05. The van der Waals surface area contributed by atoms with E-state index in [4.69, 9.17) is 4.42 Å². The molecule has 1 heterocycles. The van der Waals surface area contributed by atoms with Crippen LogP contribution in [0, 0.1) is 19.3 Å². The van der Waals surface area contributed by atoms with Crippen molar-refractivity contribution in [2.45, 2.75) is 48.1 Å². The molecule has 0 aromatic carbocycles. The van der Waals surface area contributed by atoms with Crippen molar-refractivity contribution in [3.05, 3.63) is 17.3 Å². The standard InChI is InChI=1S/C16H29N5O2/c1-7-17-14(22)16(5,6)10-20-15(18-8-2)19-9-13-21-11(3)12(4)23-13/h7-10H2,1-6H3,(H,17,22)(H2,18,19,20). The van der Waals surface area contributed by atoms with Gasteiger partial charge < -0.3 is 20.4 Å². The van der Waals surface area contributed by atoms with E-state index in [1.165, 1.54) is 0 Å². The second kappa shape index (κ2) is 8.55. The fourth-order valence-electron chi connectivity index (χ4n) is 1.88. The van der Waals surface area contributed by atoms with Crippen LogP contribution in [0.3, 0.4) is 0 Å². The molecule has 0 aliphatic rings. The molecule has 0 fully saturated rings. The van der Waals surface area contributed by atoms with Crippen LogP contribution in [-0.4, -0.2) is 36.5 Å². The van der Waals surface area contributed by atoms with Crippen LogP contribution in [0.1, 0.15) is 45.0 Å². The highest BCUT2D eigenvalue weighted by Crippen LogP contribution is 2.13. The van der Waals surface area contributed by atoms with Gasteiger partial charge in [0.1, 0.15) is 12.3 Å². The lowest BCUT2D eigenvalue weighted by Crippen LogP contribution is -2.47. The van der Waals surface area contributed by atoms with E-state index in [0.717, 1.165) is 18.0 Å². The van der Waals surface area contributed by atoms with Crippen LogP contribution in [-0.2, 0) is 11.3 Å². The number of oxazole rings is 1. The van der Waals surface area contributed by atoms with E-state index in [1.807, 2.05) is 41.5 Å². The SMILES string of the molecule is CCNC(=O)C(C)(C)CNC(=NCc1nc(C)c(C)o1)NCC. The Hall–Kier alpha value is -2.05. The summed E-state index contributed by atoms with van der Waals surface area (Å²) in [6.45, 7) is 13.7. The van der Waals surface area contributed by atoms with Gasteiger partial charge in [0.2, 0.25) is 11.8 Å². The van der Waals surface area contributed by atoms with Crippen LogP contribution in [0.15, 0.2) is 9.41 Å². The highest BCUT2D eigenvalue weighted by molar-refractivity contribution is 5.84. The van der Waals surface area contributed by atoms with E-state index >= 15 is 0 Å². The van der Waals surface area contributed by atoms with Gasteiger partial charge in [-0.3, -0.25) is 4.79 Å². The van der Waals surface area contributed by atoms with Crippen molar-refractivity contribution in [2.75, 3.05) is 19.6 Å². The van der Waals surface area contributed by atoms with Crippen LogP contribution >= 0.6 is 0 Å². The molecule has 23 heavy (non-hydrogen) atoms. The molecular weight excluding hydrogens is 294 g/mol. The number of carbonyl (C=O) groups is 1. The lowest BCUT2D eigenvalue weighted by molar-refractivity contribution is -0.128. The van der Waals surface area contributed by atoms with E-state index in [0.29, 0.717) is 31.5 Å². The number of hydrogen-bond acceptors (Lipinski definition) is 4. The van der Waals surface area contributed by atoms with Crippen LogP contribution < -0.4 is 16.0 Å². The molecule has 0 saturated heterocycles. The Morgan fingerprint density at radius 1 is 1.17 bits per heavy atom. The van der Waals surface area contributed by atoms with E-state index in [-0.39, 0.29) is 5.91 Å². The number of amides is 1. The highest BCUT2D eigenvalue weighted by Gasteiger charge is 2.27. The van der Waals surface area contributed by atoms with Crippen molar-refractivity contribution in [3.63, 3.8) is 0 Å². The van der Waals surface area contributed by atoms with Crippen molar-refractivity contribution < 1.29 is 9.21 Å². The molecule has 1 aromatic heterocycles. The molecule has 0 radical (unpaired) electrons. The van der Waals surface area contributed by atoms with Gasteiger partial charge >= 0.3 is 0 Å². The van der Waals surface area contributed by atoms with E-state index in [2.05, 4.69) is 25.9 Å². The summed E-state index contributed by atoms with van der Waals surface area (Å²) in [4.78, 5) is 20.8. The highest BCUT2D eigenvalue weighted by atomic mass is 16.4. The number of rotatable bonds is 7. The van der Waals surface area contributed by atoms with Crippen LogP contribution in [0.4, 0.5) is 0 Å². The largest absolute Gasteiger partial charge is 0.444 e. The predicted octanol–water partition coefficient (Wildman–Crippen LogP) is 1.51. The summed E-state index contributed by atoms with van der Waals surface area (Å²) in [5.41, 5.74) is 0.355. The first-order valence-electron chi connectivity index (χ1n) is 8.03. The molecule has 1 amide bonds. The molecule has 7 nitrogen and oxygen atoms in total. The Morgan fingerprint density at radius 3 is 2.35 bits per heavy atom. The van der Waals surface area contributed by atoms with Crippen LogP contribution in [0.5, 0.6) is 0 Å². The first-order valence-corrected chi connectivity index (χ1v) is 8.03. The Kier molecular flexibility index (Phi) is 7.06. The van der Waals surface area contributed by atoms with Gasteiger partial charge in [0, 0.05) is 19.6 Å². The number of nitrogens with zero attached hydrogens (tertiary/aromatic N) is 2. The molecule has 0 saturated carbocycles. The Morgan fingerprint density at radius 2 is 1.83 bits per heavy atom. The maximum atomic E-state index is 12.0. The fourth-order valence-corrected chi connectivity index (χ4v) is 1.88. The number of guanidine groups is 1. The lowest BCUT2D eigenvalue weighted by atomic mass is 9.92. The second-order valence-corrected chi connectivity index (χ2v) is 6.04. The molecule has 0 unspecified atom stereocenters. The smallest absolute Gasteiger partial charge is 0.227 e. The normalized spacial score (nSPS) is 12.2. The van der Waals surface area contributed by atoms with Crippen molar-refractivity contribution in [3.8, 4) is 0 Å². The molecule has 1 aromatic rings. The number of nitrogens with one attached hydrogen (secondary N) is 3. The Bertz CT molecular complexity index is 529. The molecule has 0 atom stereocenters. The third-order valence-electron chi connectivity index (χ3n) is 3.44. The predicted molar refractivity (Wildman–Crippen MR) is 91.3 cm³/mol. The summed E-state index contributed by atoms with van der Waals surface area (Å²) in [6, 6.07) is 0. The Labute approximate surface area is 138 Å². The van der Waals surface area contributed by atoms with Crippen molar-refractivity contribution in [1.82, 2.24) is 20.9 Å². The topological polar surface area (TPSA) is 91.5 Å². The summed E-state index contributed by atoms with van der Waals surface area (Å²) in [6.07, 6.45) is 0. The molecule has 0 aliphatic heterocycles. The molecule has 0 bridgehead atoms. The lowest BCUT2D eigenvalue weighted by Gasteiger charge is -2.24. The zero-order chi connectivity index (χ0) is 17.5. The second-order valence-electron chi connectivity index (χ2n) is 6.04. The minimum absolute atomic E-state index is 0.0160. The quantitative estimate of drug-likeness (QED) is 0.522. The Balaban J connectivity index is 2.67. The number of aliphatic imine (C=N–C) groups is 1. The first-order chi connectivity index (χ1) is 10.8. The molecule has 7 heteroatoms. The van der Waals surface area contributed by atoms with Gasteiger partial charge in [0.05, 0.1) is 11.1 Å². The molecule has 0 spiro atoms. The minimum atomic E-state index is -0.525. The van der Waals surface area contributed by atoms with Crippen LogP contribution in [0.25, 0.3) is 0 Å². The van der Waals surface area contributed by atoms with Crippen molar-refractivity contribution in [2.24, 2.45) is 10.4 Å². The van der Waals surface area contributed by atoms with Gasteiger partial charge in [-0.25, -0.2) is 9.98 Å². The molecule has 0 aliphatic carbocycles. The molecule has 130 valence electrons. The minimum Gasteiger partial charge on any atom is -0.444 e. The number of hydrogen-bond donors (Lipinski definition) is 3. The third kappa shape index (κ3) is 5.92. The number of aryl methyl sites for hydroxylation is 2. The zero-order valence-electron chi connectivity index (χ0n) is 15.0. The van der Waals surface area contributed by atoms with Crippen molar-refractivity contribution in [1.29, 1.82) is 0 Å². The average Bonchev–Trinajstić information content (AvgIpc) is 2.81. The van der Waals surface area contributed by atoms with E-state index in [9.17, 15) is 4.79 Å². The van der Waals surface area contributed by atoms with Crippen molar-refractivity contribution >= 4 is 11.9 Å². The average molecular weight is 323 g/mol. The van der Waals surface area contributed by atoms with Gasteiger partial charge in [0.25, 0.3) is 0 Å². The number of carbonyl (C=O) groups excluding carboxylic acids is 1. The van der Waals surface area contributed by atoms with E-state index in [1.54, 1.807) is 0 Å². The fraction of sp³-hybridized carbons (Fsp3) is 0.688.